The van der Waals surface area contributed by atoms with Crippen LogP contribution in [0.4, 0.5) is 0 Å². The minimum atomic E-state index is -0.0274. The predicted molar refractivity (Wildman–Crippen MR) is 60.3 cm³/mol. The number of aromatic nitrogens is 2. The number of rotatable bonds is 4. The minimum Gasteiger partial charge on any atom is -0.348 e. The van der Waals surface area contributed by atoms with Crippen molar-refractivity contribution in [3.8, 4) is 0 Å². The van der Waals surface area contributed by atoms with Crippen LogP contribution in [0.5, 0.6) is 0 Å². The second kappa shape index (κ2) is 5.34. The zero-order valence-corrected chi connectivity index (χ0v) is 9.45. The SMILES string of the molecule is CCCc1[nH]cnc1C=CC(=O)N(C)C. The summed E-state index contributed by atoms with van der Waals surface area (Å²) in [6, 6.07) is 0. The molecule has 4 heteroatoms. The average Bonchev–Trinajstić information content (AvgIpc) is 2.62. The van der Waals surface area contributed by atoms with Crippen LogP contribution in [0.3, 0.4) is 0 Å². The Bertz CT molecular complexity index is 352. The topological polar surface area (TPSA) is 49.0 Å². The highest BCUT2D eigenvalue weighted by Crippen LogP contribution is 2.07. The first-order valence-corrected chi connectivity index (χ1v) is 5.06. The van der Waals surface area contributed by atoms with E-state index in [1.54, 1.807) is 26.5 Å². The summed E-state index contributed by atoms with van der Waals surface area (Å²) < 4.78 is 0. The van der Waals surface area contributed by atoms with Crippen LogP contribution in [0.1, 0.15) is 24.7 Å². The lowest BCUT2D eigenvalue weighted by Crippen LogP contribution is -2.18. The number of H-pyrrole nitrogens is 1. The molecule has 1 amide bonds. The van der Waals surface area contributed by atoms with Crippen molar-refractivity contribution in [3.63, 3.8) is 0 Å². The Morgan fingerprint density at radius 2 is 2.33 bits per heavy atom. The van der Waals surface area contributed by atoms with Gasteiger partial charge < -0.3 is 9.88 Å². The molecular weight excluding hydrogens is 190 g/mol. The van der Waals surface area contributed by atoms with Gasteiger partial charge in [-0.2, -0.15) is 0 Å². The lowest BCUT2D eigenvalue weighted by Gasteiger charge is -2.04. The van der Waals surface area contributed by atoms with Crippen LogP contribution < -0.4 is 0 Å². The number of nitrogens with one attached hydrogen (secondary N) is 1. The maximum absolute atomic E-state index is 11.3. The minimum absolute atomic E-state index is 0.0274. The van der Waals surface area contributed by atoms with Crippen LogP contribution in [0.2, 0.25) is 0 Å². The van der Waals surface area contributed by atoms with Crippen LogP contribution in [0, 0.1) is 0 Å². The van der Waals surface area contributed by atoms with Crippen molar-refractivity contribution in [1.82, 2.24) is 14.9 Å². The molecule has 1 aromatic rings. The third-order valence-electron chi connectivity index (χ3n) is 2.08. The van der Waals surface area contributed by atoms with Crippen LogP contribution in [-0.2, 0) is 11.2 Å². The van der Waals surface area contributed by atoms with Crippen molar-refractivity contribution < 1.29 is 4.79 Å². The molecule has 15 heavy (non-hydrogen) atoms. The summed E-state index contributed by atoms with van der Waals surface area (Å²) in [6.45, 7) is 2.11. The van der Waals surface area contributed by atoms with E-state index in [2.05, 4.69) is 16.9 Å². The van der Waals surface area contributed by atoms with Gasteiger partial charge in [-0.15, -0.1) is 0 Å². The van der Waals surface area contributed by atoms with Crippen LogP contribution in [0.15, 0.2) is 12.4 Å². The highest BCUT2D eigenvalue weighted by atomic mass is 16.2. The fourth-order valence-electron chi connectivity index (χ4n) is 1.22. The Labute approximate surface area is 90.0 Å². The smallest absolute Gasteiger partial charge is 0.246 e. The highest BCUT2D eigenvalue weighted by molar-refractivity contribution is 5.91. The summed E-state index contributed by atoms with van der Waals surface area (Å²) >= 11 is 0. The Morgan fingerprint density at radius 3 is 2.93 bits per heavy atom. The molecule has 0 aromatic carbocycles. The fraction of sp³-hybridized carbons (Fsp3) is 0.455. The van der Waals surface area contributed by atoms with E-state index in [1.165, 1.54) is 11.0 Å². The van der Waals surface area contributed by atoms with Crippen LogP contribution in [-0.4, -0.2) is 34.9 Å². The van der Waals surface area contributed by atoms with Crippen molar-refractivity contribution in [3.05, 3.63) is 23.8 Å². The van der Waals surface area contributed by atoms with E-state index >= 15 is 0 Å². The molecular formula is C11H17N3O. The molecule has 0 fully saturated rings. The van der Waals surface area contributed by atoms with Gasteiger partial charge in [0.05, 0.1) is 12.0 Å². The highest BCUT2D eigenvalue weighted by Gasteiger charge is 2.02. The van der Waals surface area contributed by atoms with Gasteiger partial charge >= 0.3 is 0 Å². The first-order chi connectivity index (χ1) is 7.15. The van der Waals surface area contributed by atoms with E-state index in [4.69, 9.17) is 0 Å². The molecule has 0 unspecified atom stereocenters. The standard InChI is InChI=1S/C11H17N3O/c1-4-5-9-10(13-8-12-9)6-7-11(15)14(2)3/h6-8H,4-5H2,1-3H3,(H,12,13). The molecule has 0 radical (unpaired) electrons. The third-order valence-corrected chi connectivity index (χ3v) is 2.08. The van der Waals surface area contributed by atoms with E-state index in [9.17, 15) is 4.79 Å². The van der Waals surface area contributed by atoms with Gasteiger partial charge in [-0.3, -0.25) is 4.79 Å². The van der Waals surface area contributed by atoms with E-state index in [0.717, 1.165) is 24.2 Å². The number of imidazole rings is 1. The molecule has 0 atom stereocenters. The van der Waals surface area contributed by atoms with Gasteiger partial charge in [0.2, 0.25) is 5.91 Å². The maximum atomic E-state index is 11.3. The van der Waals surface area contributed by atoms with E-state index in [1.807, 2.05) is 0 Å². The second-order valence-electron chi connectivity index (χ2n) is 3.58. The normalized spacial score (nSPS) is 10.9. The van der Waals surface area contributed by atoms with Crippen LogP contribution >= 0.6 is 0 Å². The molecule has 0 spiro atoms. The number of amides is 1. The lowest BCUT2D eigenvalue weighted by atomic mass is 10.2. The summed E-state index contributed by atoms with van der Waals surface area (Å²) in [5.41, 5.74) is 1.94. The largest absolute Gasteiger partial charge is 0.348 e. The van der Waals surface area contributed by atoms with Crippen molar-refractivity contribution >= 4 is 12.0 Å². The first kappa shape index (κ1) is 11.5. The molecule has 4 nitrogen and oxygen atoms in total. The number of nitrogens with zero attached hydrogens (tertiary/aromatic N) is 2. The van der Waals surface area contributed by atoms with Crippen molar-refractivity contribution in [2.75, 3.05) is 14.1 Å². The Hall–Kier alpha value is -1.58. The number of aromatic amines is 1. The number of carbonyl (C=O) groups excluding carboxylic acids is 1. The molecule has 0 aliphatic carbocycles. The number of hydrogen-bond donors (Lipinski definition) is 1. The van der Waals surface area contributed by atoms with E-state index < -0.39 is 0 Å². The molecule has 1 N–H and O–H groups in total. The van der Waals surface area contributed by atoms with Crippen molar-refractivity contribution in [1.29, 1.82) is 0 Å². The number of hydrogen-bond acceptors (Lipinski definition) is 2. The molecule has 1 rings (SSSR count). The fourth-order valence-corrected chi connectivity index (χ4v) is 1.22. The Morgan fingerprint density at radius 1 is 1.60 bits per heavy atom. The molecule has 0 saturated carbocycles. The Kier molecular flexibility index (Phi) is 4.09. The van der Waals surface area contributed by atoms with Gasteiger partial charge in [0, 0.05) is 25.9 Å². The second-order valence-corrected chi connectivity index (χ2v) is 3.58. The van der Waals surface area contributed by atoms with Gasteiger partial charge in [-0.05, 0) is 12.5 Å². The van der Waals surface area contributed by atoms with Gasteiger partial charge in [-0.25, -0.2) is 4.98 Å². The number of aryl methyl sites for hydroxylation is 1. The van der Waals surface area contributed by atoms with Gasteiger partial charge in [0.25, 0.3) is 0 Å². The van der Waals surface area contributed by atoms with E-state index in [-0.39, 0.29) is 5.91 Å². The quantitative estimate of drug-likeness (QED) is 0.760. The Balaban J connectivity index is 2.71. The summed E-state index contributed by atoms with van der Waals surface area (Å²) in [7, 11) is 3.45. The molecule has 82 valence electrons. The van der Waals surface area contributed by atoms with Crippen LogP contribution in [0.25, 0.3) is 6.08 Å². The molecule has 1 aromatic heterocycles. The molecule has 0 aliphatic rings. The summed E-state index contributed by atoms with van der Waals surface area (Å²) in [6.07, 6.45) is 6.96. The van der Waals surface area contributed by atoms with Crippen molar-refractivity contribution in [2.24, 2.45) is 0 Å². The van der Waals surface area contributed by atoms with Gasteiger partial charge in [0.15, 0.2) is 0 Å². The summed E-state index contributed by atoms with van der Waals surface area (Å²) in [4.78, 5) is 20.1. The zero-order valence-electron chi connectivity index (χ0n) is 9.45. The monoisotopic (exact) mass is 207 g/mol. The molecule has 0 bridgehead atoms. The molecule has 0 saturated heterocycles. The van der Waals surface area contributed by atoms with Crippen molar-refractivity contribution in [2.45, 2.75) is 19.8 Å². The average molecular weight is 207 g/mol. The number of likely N-dealkylation sites (N-methyl/N-ethyl adjacent to an activating group) is 1. The zero-order chi connectivity index (χ0) is 11.3. The van der Waals surface area contributed by atoms with E-state index in [0.29, 0.717) is 0 Å². The molecule has 1 heterocycles. The third kappa shape index (κ3) is 3.23. The number of carbonyl (C=O) groups is 1. The predicted octanol–water partition coefficient (Wildman–Crippen LogP) is 1.46. The molecule has 0 aliphatic heterocycles. The summed E-state index contributed by atoms with van der Waals surface area (Å²) in [5.74, 6) is -0.0274. The first-order valence-electron chi connectivity index (χ1n) is 5.06. The van der Waals surface area contributed by atoms with Gasteiger partial charge in [0.1, 0.15) is 0 Å². The summed E-state index contributed by atoms with van der Waals surface area (Å²) in [5, 5.41) is 0. The van der Waals surface area contributed by atoms with Gasteiger partial charge in [-0.1, -0.05) is 13.3 Å². The lowest BCUT2D eigenvalue weighted by molar-refractivity contribution is -0.123. The maximum Gasteiger partial charge on any atom is 0.246 e.